The van der Waals surface area contributed by atoms with Gasteiger partial charge in [-0.3, -0.25) is 0 Å². The Balaban J connectivity index is 2.12. The van der Waals surface area contributed by atoms with E-state index in [-0.39, 0.29) is 4.99 Å². The summed E-state index contributed by atoms with van der Waals surface area (Å²) < 4.78 is 5.26. The lowest BCUT2D eigenvalue weighted by atomic mass is 10.2. The van der Waals surface area contributed by atoms with Crippen molar-refractivity contribution in [3.05, 3.63) is 41.7 Å². The van der Waals surface area contributed by atoms with Gasteiger partial charge in [0.25, 0.3) is 0 Å². The SMILES string of the molecule is Cc1occc1CN(C)c1cnc(C(N)=S)cn1. The van der Waals surface area contributed by atoms with Crippen LogP contribution in [0.1, 0.15) is 17.0 Å². The fraction of sp³-hybridized carbons (Fsp3) is 0.250. The maximum atomic E-state index is 5.47. The Morgan fingerprint density at radius 1 is 1.44 bits per heavy atom. The van der Waals surface area contributed by atoms with E-state index in [2.05, 4.69) is 9.97 Å². The average Bonchev–Trinajstić information content (AvgIpc) is 2.75. The lowest BCUT2D eigenvalue weighted by molar-refractivity contribution is 0.529. The summed E-state index contributed by atoms with van der Waals surface area (Å²) in [5.74, 6) is 1.67. The molecule has 0 amide bonds. The van der Waals surface area contributed by atoms with Crippen molar-refractivity contribution in [1.29, 1.82) is 0 Å². The predicted octanol–water partition coefficient (Wildman–Crippen LogP) is 1.65. The van der Waals surface area contributed by atoms with E-state index in [0.717, 1.165) is 17.1 Å². The smallest absolute Gasteiger partial charge is 0.147 e. The maximum absolute atomic E-state index is 5.47. The van der Waals surface area contributed by atoms with Crippen LogP contribution in [-0.2, 0) is 6.54 Å². The van der Waals surface area contributed by atoms with Crippen LogP contribution in [0.15, 0.2) is 29.1 Å². The molecule has 2 heterocycles. The van der Waals surface area contributed by atoms with E-state index in [4.69, 9.17) is 22.4 Å². The summed E-state index contributed by atoms with van der Waals surface area (Å²) in [5.41, 5.74) is 7.12. The lowest BCUT2D eigenvalue weighted by Crippen LogP contribution is -2.19. The van der Waals surface area contributed by atoms with Crippen LogP contribution in [0, 0.1) is 6.92 Å². The fourth-order valence-corrected chi connectivity index (χ4v) is 1.66. The number of thiocarbonyl (C=S) groups is 1. The van der Waals surface area contributed by atoms with Crippen molar-refractivity contribution in [3.8, 4) is 0 Å². The molecule has 18 heavy (non-hydrogen) atoms. The molecular weight excluding hydrogens is 248 g/mol. The highest BCUT2D eigenvalue weighted by Gasteiger charge is 2.08. The molecule has 6 heteroatoms. The van der Waals surface area contributed by atoms with Crippen molar-refractivity contribution in [2.24, 2.45) is 5.73 Å². The van der Waals surface area contributed by atoms with Crippen molar-refractivity contribution in [3.63, 3.8) is 0 Å². The number of aryl methyl sites for hydroxylation is 1. The second-order valence-electron chi connectivity index (χ2n) is 3.98. The fourth-order valence-electron chi connectivity index (χ4n) is 1.56. The van der Waals surface area contributed by atoms with E-state index in [0.29, 0.717) is 12.2 Å². The molecule has 0 aliphatic rings. The summed E-state index contributed by atoms with van der Waals surface area (Å²) in [6.07, 6.45) is 4.92. The molecule has 2 rings (SSSR count). The molecule has 2 aromatic heterocycles. The number of hydrogen-bond donors (Lipinski definition) is 1. The van der Waals surface area contributed by atoms with Crippen LogP contribution in [0.5, 0.6) is 0 Å². The van der Waals surface area contributed by atoms with Gasteiger partial charge >= 0.3 is 0 Å². The van der Waals surface area contributed by atoms with Gasteiger partial charge in [-0.05, 0) is 13.0 Å². The van der Waals surface area contributed by atoms with Crippen molar-refractivity contribution in [2.45, 2.75) is 13.5 Å². The zero-order valence-corrected chi connectivity index (χ0v) is 11.1. The van der Waals surface area contributed by atoms with Gasteiger partial charge < -0.3 is 15.1 Å². The number of aromatic nitrogens is 2. The van der Waals surface area contributed by atoms with Crippen molar-refractivity contribution in [1.82, 2.24) is 9.97 Å². The molecule has 2 N–H and O–H groups in total. The molecule has 0 unspecified atom stereocenters. The van der Waals surface area contributed by atoms with Crippen molar-refractivity contribution in [2.75, 3.05) is 11.9 Å². The standard InChI is InChI=1S/C12H14N4OS/c1-8-9(3-4-17-8)7-16(2)11-6-14-10(5-15-11)12(13)18/h3-6H,7H2,1-2H3,(H2,13,18). The van der Waals surface area contributed by atoms with Crippen LogP contribution in [0.2, 0.25) is 0 Å². The Kier molecular flexibility index (Phi) is 3.57. The van der Waals surface area contributed by atoms with Crippen molar-refractivity contribution < 1.29 is 4.42 Å². The number of anilines is 1. The van der Waals surface area contributed by atoms with E-state index in [1.807, 2.05) is 24.9 Å². The molecule has 0 radical (unpaired) electrons. The van der Waals surface area contributed by atoms with E-state index >= 15 is 0 Å². The number of nitrogens with two attached hydrogens (primary N) is 1. The monoisotopic (exact) mass is 262 g/mol. The molecule has 0 aliphatic carbocycles. The molecule has 0 fully saturated rings. The summed E-state index contributed by atoms with van der Waals surface area (Å²) in [6.45, 7) is 2.65. The minimum atomic E-state index is 0.252. The highest BCUT2D eigenvalue weighted by atomic mass is 32.1. The van der Waals surface area contributed by atoms with E-state index in [9.17, 15) is 0 Å². The van der Waals surface area contributed by atoms with E-state index < -0.39 is 0 Å². The normalized spacial score (nSPS) is 10.3. The molecule has 0 aromatic carbocycles. The molecule has 0 saturated heterocycles. The first-order chi connectivity index (χ1) is 8.58. The molecule has 0 bridgehead atoms. The summed E-state index contributed by atoms with van der Waals surface area (Å²) >= 11 is 4.83. The van der Waals surface area contributed by atoms with Gasteiger partial charge in [0.2, 0.25) is 0 Å². The second-order valence-corrected chi connectivity index (χ2v) is 4.42. The summed E-state index contributed by atoms with van der Waals surface area (Å²) in [5, 5.41) is 0. The van der Waals surface area contributed by atoms with Crippen LogP contribution >= 0.6 is 12.2 Å². The lowest BCUT2D eigenvalue weighted by Gasteiger charge is -2.17. The Labute approximate surface area is 111 Å². The van der Waals surface area contributed by atoms with E-state index in [1.54, 1.807) is 18.7 Å². The Hall–Kier alpha value is -1.95. The first-order valence-electron chi connectivity index (χ1n) is 5.44. The van der Waals surface area contributed by atoms with Crippen LogP contribution in [-0.4, -0.2) is 22.0 Å². The highest BCUT2D eigenvalue weighted by molar-refractivity contribution is 7.80. The van der Waals surface area contributed by atoms with Crippen molar-refractivity contribution >= 4 is 23.0 Å². The van der Waals surface area contributed by atoms with Gasteiger partial charge in [0.15, 0.2) is 0 Å². The molecule has 0 aliphatic heterocycles. The first-order valence-corrected chi connectivity index (χ1v) is 5.84. The van der Waals surface area contributed by atoms with Crippen LogP contribution < -0.4 is 10.6 Å². The Morgan fingerprint density at radius 2 is 2.22 bits per heavy atom. The number of nitrogens with zero attached hydrogens (tertiary/aromatic N) is 3. The molecule has 0 atom stereocenters. The van der Waals surface area contributed by atoms with Gasteiger partial charge in [0.1, 0.15) is 22.3 Å². The molecule has 0 spiro atoms. The zero-order valence-electron chi connectivity index (χ0n) is 10.3. The van der Waals surface area contributed by atoms with Gasteiger partial charge in [-0.25, -0.2) is 9.97 Å². The number of furan rings is 1. The van der Waals surface area contributed by atoms with Crippen LogP contribution in [0.4, 0.5) is 5.82 Å². The Morgan fingerprint density at radius 3 is 2.72 bits per heavy atom. The molecule has 94 valence electrons. The van der Waals surface area contributed by atoms with Gasteiger partial charge in [0.05, 0.1) is 18.7 Å². The Bertz CT molecular complexity index is 549. The third kappa shape index (κ3) is 2.65. The third-order valence-corrected chi connectivity index (χ3v) is 2.86. The van der Waals surface area contributed by atoms with Crippen LogP contribution in [0.3, 0.4) is 0 Å². The predicted molar refractivity (Wildman–Crippen MR) is 73.5 cm³/mol. The molecule has 2 aromatic rings. The first kappa shape index (κ1) is 12.5. The molecule has 5 nitrogen and oxygen atoms in total. The minimum Gasteiger partial charge on any atom is -0.469 e. The van der Waals surface area contributed by atoms with Gasteiger partial charge in [-0.15, -0.1) is 0 Å². The zero-order chi connectivity index (χ0) is 13.1. The number of hydrogen-bond acceptors (Lipinski definition) is 5. The number of rotatable bonds is 4. The largest absolute Gasteiger partial charge is 0.469 e. The van der Waals surface area contributed by atoms with Crippen LogP contribution in [0.25, 0.3) is 0 Å². The van der Waals surface area contributed by atoms with E-state index in [1.165, 1.54) is 0 Å². The third-order valence-electron chi connectivity index (χ3n) is 2.66. The van der Waals surface area contributed by atoms with Gasteiger partial charge in [0, 0.05) is 19.2 Å². The molecular formula is C12H14N4OS. The van der Waals surface area contributed by atoms with Gasteiger partial charge in [-0.1, -0.05) is 12.2 Å². The summed E-state index contributed by atoms with van der Waals surface area (Å²) in [4.78, 5) is 10.7. The minimum absolute atomic E-state index is 0.252. The highest BCUT2D eigenvalue weighted by Crippen LogP contribution is 2.15. The van der Waals surface area contributed by atoms with Gasteiger partial charge in [-0.2, -0.15) is 0 Å². The summed E-state index contributed by atoms with van der Waals surface area (Å²) in [7, 11) is 1.94. The topological polar surface area (TPSA) is 68.2 Å². The summed E-state index contributed by atoms with van der Waals surface area (Å²) in [6, 6.07) is 1.95. The average molecular weight is 262 g/mol. The molecule has 0 saturated carbocycles. The quantitative estimate of drug-likeness (QED) is 0.845. The second kappa shape index (κ2) is 5.14. The maximum Gasteiger partial charge on any atom is 0.147 e.